The van der Waals surface area contributed by atoms with Gasteiger partial charge in [0.25, 0.3) is 0 Å². The molecule has 0 aliphatic heterocycles. The quantitative estimate of drug-likeness (QED) is 0.661. The Labute approximate surface area is 158 Å². The smallest absolute Gasteiger partial charge is 0.162 e. The van der Waals surface area contributed by atoms with Gasteiger partial charge in [0.1, 0.15) is 17.2 Å². The second kappa shape index (κ2) is 8.14. The lowest BCUT2D eigenvalue weighted by molar-refractivity contribution is 0.170. The Morgan fingerprint density at radius 3 is 2.30 bits per heavy atom. The van der Waals surface area contributed by atoms with Crippen molar-refractivity contribution in [2.24, 2.45) is 0 Å². The van der Waals surface area contributed by atoms with Crippen LogP contribution in [-0.4, -0.2) is 31.4 Å². The molecule has 0 aliphatic rings. The van der Waals surface area contributed by atoms with Gasteiger partial charge in [-0.3, -0.25) is 4.98 Å². The Bertz CT molecular complexity index is 941. The fourth-order valence-electron chi connectivity index (χ4n) is 2.88. The number of pyridine rings is 1. The Morgan fingerprint density at radius 1 is 0.889 bits per heavy atom. The van der Waals surface area contributed by atoms with Crippen LogP contribution in [0.2, 0.25) is 0 Å². The Morgan fingerprint density at radius 2 is 1.63 bits per heavy atom. The minimum absolute atomic E-state index is 0.533. The first-order valence-corrected chi connectivity index (χ1v) is 8.65. The molecule has 142 valence electrons. The highest BCUT2D eigenvalue weighted by atomic mass is 16.5. The van der Waals surface area contributed by atoms with Gasteiger partial charge in [-0.2, -0.15) is 0 Å². The summed E-state index contributed by atoms with van der Waals surface area (Å²) in [6.45, 7) is 1.91. The van der Waals surface area contributed by atoms with Gasteiger partial charge < -0.3 is 24.1 Å². The van der Waals surface area contributed by atoms with E-state index in [0.717, 1.165) is 5.39 Å². The van der Waals surface area contributed by atoms with Crippen LogP contribution in [0, 0.1) is 0 Å². The van der Waals surface area contributed by atoms with Crippen molar-refractivity contribution in [2.45, 2.75) is 19.4 Å². The molecule has 0 saturated carbocycles. The molecule has 0 fully saturated rings. The zero-order valence-electron chi connectivity index (χ0n) is 15.9. The van der Waals surface area contributed by atoms with Crippen molar-refractivity contribution in [1.29, 1.82) is 0 Å². The standard InChI is InChI=1S/C21H23NO5/c1-5-17(23)14-7-6-13(24-2)10-19(14)27-18-8-9-22-16-12-21(26-4)20(25-3)11-15(16)18/h6-12,17,23H,5H2,1-4H3. The third-order valence-electron chi connectivity index (χ3n) is 4.39. The lowest BCUT2D eigenvalue weighted by atomic mass is 10.1. The number of hydrogen-bond acceptors (Lipinski definition) is 6. The van der Waals surface area contributed by atoms with E-state index in [2.05, 4.69) is 4.98 Å². The molecule has 1 atom stereocenters. The molecule has 0 radical (unpaired) electrons. The minimum Gasteiger partial charge on any atom is -0.497 e. The van der Waals surface area contributed by atoms with E-state index in [9.17, 15) is 5.11 Å². The van der Waals surface area contributed by atoms with E-state index in [1.807, 2.05) is 19.1 Å². The number of rotatable bonds is 7. The molecule has 0 spiro atoms. The SMILES string of the molecule is CCC(O)c1ccc(OC)cc1Oc1ccnc2cc(OC)c(OC)cc12. The fourth-order valence-corrected chi connectivity index (χ4v) is 2.88. The van der Waals surface area contributed by atoms with Gasteiger partial charge in [-0.15, -0.1) is 0 Å². The summed E-state index contributed by atoms with van der Waals surface area (Å²) < 4.78 is 22.2. The maximum absolute atomic E-state index is 10.3. The summed E-state index contributed by atoms with van der Waals surface area (Å²) in [5.74, 6) is 2.96. The molecular weight excluding hydrogens is 346 g/mol. The monoisotopic (exact) mass is 369 g/mol. The first-order chi connectivity index (χ1) is 13.1. The van der Waals surface area contributed by atoms with Crippen molar-refractivity contribution in [2.75, 3.05) is 21.3 Å². The summed E-state index contributed by atoms with van der Waals surface area (Å²) >= 11 is 0. The highest BCUT2D eigenvalue weighted by Gasteiger charge is 2.16. The van der Waals surface area contributed by atoms with Crippen LogP contribution in [0.3, 0.4) is 0 Å². The predicted molar refractivity (Wildman–Crippen MR) is 103 cm³/mol. The fraction of sp³-hybridized carbons (Fsp3) is 0.286. The van der Waals surface area contributed by atoms with Crippen LogP contribution >= 0.6 is 0 Å². The average molecular weight is 369 g/mol. The summed E-state index contributed by atoms with van der Waals surface area (Å²) in [5, 5.41) is 11.1. The molecule has 1 aromatic heterocycles. The third-order valence-corrected chi connectivity index (χ3v) is 4.39. The highest BCUT2D eigenvalue weighted by Crippen LogP contribution is 2.39. The van der Waals surface area contributed by atoms with Crippen LogP contribution in [-0.2, 0) is 0 Å². The van der Waals surface area contributed by atoms with Crippen LogP contribution < -0.4 is 18.9 Å². The number of hydrogen-bond donors (Lipinski definition) is 1. The molecule has 1 unspecified atom stereocenters. The van der Waals surface area contributed by atoms with E-state index in [0.29, 0.717) is 46.2 Å². The van der Waals surface area contributed by atoms with Crippen molar-refractivity contribution < 1.29 is 24.1 Å². The van der Waals surface area contributed by atoms with Crippen LogP contribution in [0.4, 0.5) is 0 Å². The number of ether oxygens (including phenoxy) is 4. The number of fused-ring (bicyclic) bond motifs is 1. The van der Waals surface area contributed by atoms with Gasteiger partial charge in [0.05, 0.1) is 33.0 Å². The van der Waals surface area contributed by atoms with Gasteiger partial charge in [0.15, 0.2) is 11.5 Å². The number of benzene rings is 2. The molecule has 0 saturated heterocycles. The van der Waals surface area contributed by atoms with Gasteiger partial charge in [-0.05, 0) is 30.7 Å². The minimum atomic E-state index is -0.631. The van der Waals surface area contributed by atoms with Gasteiger partial charge in [0, 0.05) is 29.3 Å². The van der Waals surface area contributed by atoms with Crippen LogP contribution in [0.5, 0.6) is 28.7 Å². The highest BCUT2D eigenvalue weighted by molar-refractivity contribution is 5.88. The summed E-state index contributed by atoms with van der Waals surface area (Å²) in [4.78, 5) is 4.39. The third kappa shape index (κ3) is 3.75. The number of aromatic nitrogens is 1. The second-order valence-electron chi connectivity index (χ2n) is 5.96. The van der Waals surface area contributed by atoms with Crippen molar-refractivity contribution in [3.63, 3.8) is 0 Å². The number of methoxy groups -OCH3 is 3. The molecule has 3 aromatic rings. The summed E-state index contributed by atoms with van der Waals surface area (Å²) in [6, 6.07) is 10.8. The van der Waals surface area contributed by atoms with Crippen molar-refractivity contribution in [1.82, 2.24) is 4.98 Å². The second-order valence-corrected chi connectivity index (χ2v) is 5.96. The molecule has 0 amide bonds. The van der Waals surface area contributed by atoms with Gasteiger partial charge in [-0.25, -0.2) is 0 Å². The Balaban J connectivity index is 2.11. The molecule has 27 heavy (non-hydrogen) atoms. The molecule has 1 N–H and O–H groups in total. The first kappa shape index (κ1) is 18.8. The largest absolute Gasteiger partial charge is 0.497 e. The van der Waals surface area contributed by atoms with Crippen molar-refractivity contribution in [3.05, 3.63) is 48.2 Å². The number of aliphatic hydroxyl groups is 1. The molecule has 6 heteroatoms. The van der Waals surface area contributed by atoms with Gasteiger partial charge in [0.2, 0.25) is 0 Å². The van der Waals surface area contributed by atoms with E-state index < -0.39 is 6.10 Å². The zero-order chi connectivity index (χ0) is 19.4. The summed E-state index contributed by atoms with van der Waals surface area (Å²) in [7, 11) is 4.76. The maximum atomic E-state index is 10.3. The molecule has 0 aliphatic carbocycles. The van der Waals surface area contributed by atoms with E-state index in [1.54, 1.807) is 51.8 Å². The molecule has 1 heterocycles. The van der Waals surface area contributed by atoms with Gasteiger partial charge >= 0.3 is 0 Å². The molecule has 6 nitrogen and oxygen atoms in total. The maximum Gasteiger partial charge on any atom is 0.162 e. The average Bonchev–Trinajstić information content (AvgIpc) is 2.72. The van der Waals surface area contributed by atoms with E-state index in [1.165, 1.54) is 0 Å². The van der Waals surface area contributed by atoms with Crippen molar-refractivity contribution in [3.8, 4) is 28.7 Å². The zero-order valence-corrected chi connectivity index (χ0v) is 15.9. The normalized spacial score (nSPS) is 11.9. The van der Waals surface area contributed by atoms with Crippen molar-refractivity contribution >= 4 is 10.9 Å². The molecule has 0 bridgehead atoms. The Hall–Kier alpha value is -2.99. The predicted octanol–water partition coefficient (Wildman–Crippen LogP) is 4.50. The van der Waals surface area contributed by atoms with E-state index in [-0.39, 0.29) is 0 Å². The number of aliphatic hydroxyl groups excluding tert-OH is 1. The summed E-state index contributed by atoms with van der Waals surface area (Å²) in [5.41, 5.74) is 1.41. The first-order valence-electron chi connectivity index (χ1n) is 8.65. The van der Waals surface area contributed by atoms with E-state index in [4.69, 9.17) is 18.9 Å². The molecule has 2 aromatic carbocycles. The molecular formula is C21H23NO5. The van der Waals surface area contributed by atoms with Crippen LogP contribution in [0.15, 0.2) is 42.6 Å². The van der Waals surface area contributed by atoms with Crippen LogP contribution in [0.25, 0.3) is 10.9 Å². The summed E-state index contributed by atoms with van der Waals surface area (Å²) in [6.07, 6.45) is 1.61. The van der Waals surface area contributed by atoms with E-state index >= 15 is 0 Å². The molecule has 3 rings (SSSR count). The Kier molecular flexibility index (Phi) is 5.66. The number of nitrogens with zero attached hydrogens (tertiary/aromatic N) is 1. The van der Waals surface area contributed by atoms with Crippen LogP contribution in [0.1, 0.15) is 25.0 Å². The lowest BCUT2D eigenvalue weighted by Gasteiger charge is -2.17. The van der Waals surface area contributed by atoms with Gasteiger partial charge in [-0.1, -0.05) is 6.92 Å². The topological polar surface area (TPSA) is 70.0 Å². The lowest BCUT2D eigenvalue weighted by Crippen LogP contribution is -2.00.